The number of fused-ring (bicyclic) bond motifs is 2. The van der Waals surface area contributed by atoms with E-state index in [1.54, 1.807) is 0 Å². The van der Waals surface area contributed by atoms with Gasteiger partial charge in [-0.15, -0.1) is 0 Å². The van der Waals surface area contributed by atoms with Crippen LogP contribution in [0, 0.1) is 5.82 Å². The van der Waals surface area contributed by atoms with Crippen LogP contribution in [0.3, 0.4) is 0 Å². The topological polar surface area (TPSA) is 46.5 Å². The van der Waals surface area contributed by atoms with Gasteiger partial charge >= 0.3 is 0 Å². The van der Waals surface area contributed by atoms with E-state index in [-0.39, 0.29) is 11.5 Å². The molecule has 17 heavy (non-hydrogen) atoms. The first-order chi connectivity index (χ1) is 8.13. The number of aliphatic hydroxyl groups excluding tert-OH is 1. The summed E-state index contributed by atoms with van der Waals surface area (Å²) in [6.45, 7) is 0.408. The number of benzene rings is 1. The Balaban J connectivity index is 2.17. The maximum atomic E-state index is 13.3. The summed E-state index contributed by atoms with van der Waals surface area (Å²) in [5, 5.41) is 9.49. The Labute approximate surface area is 97.5 Å². The average molecular weight is 234 g/mol. The molecule has 3 rings (SSSR count). The summed E-state index contributed by atoms with van der Waals surface area (Å²) in [6.07, 6.45) is 2.39. The molecule has 3 nitrogen and oxygen atoms in total. The summed E-state index contributed by atoms with van der Waals surface area (Å²) in [5.74, 6) is -0.406. The summed E-state index contributed by atoms with van der Waals surface area (Å²) >= 11 is 0. The molecule has 0 aromatic heterocycles. The van der Waals surface area contributed by atoms with Gasteiger partial charge in [-0.25, -0.2) is 4.39 Å². The fraction of sp³-hybridized carbons (Fsp3) is 0.308. The molecule has 0 radical (unpaired) electrons. The Morgan fingerprint density at radius 1 is 1.41 bits per heavy atom. The van der Waals surface area contributed by atoms with Crippen LogP contribution in [0.1, 0.15) is 18.4 Å². The highest BCUT2D eigenvalue weighted by atomic mass is 19.1. The maximum Gasteiger partial charge on any atom is 0.207 e. The van der Waals surface area contributed by atoms with Gasteiger partial charge in [-0.2, -0.15) is 0 Å². The first-order valence-corrected chi connectivity index (χ1v) is 5.50. The van der Waals surface area contributed by atoms with E-state index in [1.165, 1.54) is 24.3 Å². The molecule has 0 amide bonds. The molecule has 88 valence electrons. The molecule has 0 saturated carbocycles. The van der Waals surface area contributed by atoms with Gasteiger partial charge in [-0.05, 0) is 37.1 Å². The highest BCUT2D eigenvalue weighted by Gasteiger charge is 2.48. The van der Waals surface area contributed by atoms with Crippen LogP contribution in [0.4, 0.5) is 4.39 Å². The number of rotatable bonds is 0. The largest absolute Gasteiger partial charge is 0.505 e. The summed E-state index contributed by atoms with van der Waals surface area (Å²) in [5.41, 5.74) is -0.270. The van der Waals surface area contributed by atoms with Gasteiger partial charge in [0.2, 0.25) is 5.78 Å². The molecule has 1 aliphatic carbocycles. The summed E-state index contributed by atoms with van der Waals surface area (Å²) in [4.78, 5) is 12.1. The number of halogens is 1. The second-order valence-electron chi connectivity index (χ2n) is 4.44. The van der Waals surface area contributed by atoms with Crippen molar-refractivity contribution < 1.29 is 19.0 Å². The van der Waals surface area contributed by atoms with E-state index in [1.807, 2.05) is 0 Å². The summed E-state index contributed by atoms with van der Waals surface area (Å²) in [7, 11) is 0. The van der Waals surface area contributed by atoms with E-state index >= 15 is 0 Å². The van der Waals surface area contributed by atoms with Crippen LogP contribution in [0.5, 0.6) is 5.75 Å². The minimum Gasteiger partial charge on any atom is -0.505 e. The molecule has 1 aliphatic heterocycles. The quantitative estimate of drug-likeness (QED) is 0.749. The Hall–Kier alpha value is -1.84. The van der Waals surface area contributed by atoms with Crippen LogP contribution in [-0.4, -0.2) is 17.5 Å². The highest BCUT2D eigenvalue weighted by Crippen LogP contribution is 2.46. The number of ether oxygens (including phenoxy) is 1. The van der Waals surface area contributed by atoms with Crippen LogP contribution in [0.25, 0.3) is 0 Å². The van der Waals surface area contributed by atoms with Crippen LogP contribution in [-0.2, 0) is 10.2 Å². The minimum absolute atomic E-state index is 0.220. The van der Waals surface area contributed by atoms with E-state index < -0.39 is 11.2 Å². The Morgan fingerprint density at radius 3 is 2.94 bits per heavy atom. The molecular formula is C13H11FO3. The molecule has 1 aromatic carbocycles. The number of Topliss-reactive ketones (excluding diaryl/α,β-unsaturated/α-hetero) is 1. The van der Waals surface area contributed by atoms with Crippen molar-refractivity contribution in [1.82, 2.24) is 0 Å². The highest BCUT2D eigenvalue weighted by molar-refractivity contribution is 6.04. The minimum atomic E-state index is -0.820. The third-order valence-electron chi connectivity index (χ3n) is 3.55. The Kier molecular flexibility index (Phi) is 2.02. The molecule has 1 N–H and O–H groups in total. The van der Waals surface area contributed by atoms with Gasteiger partial charge in [-0.1, -0.05) is 0 Å². The summed E-state index contributed by atoms with van der Waals surface area (Å²) < 4.78 is 18.7. The van der Waals surface area contributed by atoms with Gasteiger partial charge in [0.25, 0.3) is 0 Å². The van der Waals surface area contributed by atoms with Gasteiger partial charge in [-0.3, -0.25) is 4.79 Å². The number of hydrogen-bond acceptors (Lipinski definition) is 3. The molecule has 1 atom stereocenters. The molecule has 1 aromatic rings. The number of carbonyl (C=O) groups excluding carboxylic acids is 1. The van der Waals surface area contributed by atoms with Crippen molar-refractivity contribution in [2.45, 2.75) is 18.3 Å². The van der Waals surface area contributed by atoms with E-state index in [0.29, 0.717) is 30.8 Å². The Morgan fingerprint density at radius 2 is 2.24 bits per heavy atom. The number of carbonyl (C=O) groups is 1. The zero-order valence-corrected chi connectivity index (χ0v) is 9.07. The molecule has 0 saturated heterocycles. The van der Waals surface area contributed by atoms with E-state index in [0.717, 1.165) is 0 Å². The normalized spacial score (nSPS) is 26.6. The van der Waals surface area contributed by atoms with Crippen molar-refractivity contribution in [2.75, 3.05) is 6.61 Å². The fourth-order valence-corrected chi connectivity index (χ4v) is 2.62. The lowest BCUT2D eigenvalue weighted by molar-refractivity contribution is -0.123. The van der Waals surface area contributed by atoms with Crippen molar-refractivity contribution in [3.05, 3.63) is 41.4 Å². The first kappa shape index (κ1) is 10.3. The number of hydrogen-bond donors (Lipinski definition) is 1. The van der Waals surface area contributed by atoms with Crippen LogP contribution < -0.4 is 4.74 Å². The molecular weight excluding hydrogens is 223 g/mol. The predicted octanol–water partition coefficient (Wildman–Crippen LogP) is 2.26. The molecule has 0 fully saturated rings. The molecule has 1 heterocycles. The van der Waals surface area contributed by atoms with Crippen LogP contribution >= 0.6 is 0 Å². The van der Waals surface area contributed by atoms with Crippen molar-refractivity contribution in [3.8, 4) is 5.75 Å². The second-order valence-corrected chi connectivity index (χ2v) is 4.44. The fourth-order valence-electron chi connectivity index (χ4n) is 2.62. The third kappa shape index (κ3) is 1.30. The molecule has 4 heteroatoms. The maximum absolute atomic E-state index is 13.3. The average Bonchev–Trinajstić information content (AvgIpc) is 2.60. The SMILES string of the molecule is O=C1C(O)=CCC12CCOc1ccc(F)cc12. The van der Waals surface area contributed by atoms with Gasteiger partial charge in [0, 0.05) is 5.56 Å². The zero-order valence-electron chi connectivity index (χ0n) is 9.07. The van der Waals surface area contributed by atoms with Gasteiger partial charge < -0.3 is 9.84 Å². The number of ketones is 1. The number of aliphatic hydroxyl groups is 1. The lowest BCUT2D eigenvalue weighted by Gasteiger charge is -2.33. The molecule has 0 bridgehead atoms. The van der Waals surface area contributed by atoms with Crippen molar-refractivity contribution >= 4 is 5.78 Å². The first-order valence-electron chi connectivity index (χ1n) is 5.50. The van der Waals surface area contributed by atoms with Crippen molar-refractivity contribution in [1.29, 1.82) is 0 Å². The van der Waals surface area contributed by atoms with Crippen LogP contribution in [0.2, 0.25) is 0 Å². The van der Waals surface area contributed by atoms with Crippen molar-refractivity contribution in [2.24, 2.45) is 0 Å². The predicted molar refractivity (Wildman–Crippen MR) is 58.5 cm³/mol. The van der Waals surface area contributed by atoms with Crippen LogP contribution in [0.15, 0.2) is 30.0 Å². The lowest BCUT2D eigenvalue weighted by Crippen LogP contribution is -2.38. The van der Waals surface area contributed by atoms with Gasteiger partial charge in [0.05, 0.1) is 12.0 Å². The third-order valence-corrected chi connectivity index (χ3v) is 3.55. The van der Waals surface area contributed by atoms with E-state index in [4.69, 9.17) is 4.74 Å². The monoisotopic (exact) mass is 234 g/mol. The molecule has 1 spiro atoms. The summed E-state index contributed by atoms with van der Waals surface area (Å²) in [6, 6.07) is 4.18. The number of allylic oxidation sites excluding steroid dienone is 2. The molecule has 2 aliphatic rings. The van der Waals surface area contributed by atoms with Crippen molar-refractivity contribution in [3.63, 3.8) is 0 Å². The Bertz CT molecular complexity index is 535. The van der Waals surface area contributed by atoms with E-state index in [9.17, 15) is 14.3 Å². The standard InChI is InChI=1S/C13H11FO3/c14-8-1-2-11-9(7-8)13(5-6-17-11)4-3-10(15)12(13)16/h1-3,7,15H,4-6H2. The lowest BCUT2D eigenvalue weighted by atomic mass is 9.73. The zero-order chi connectivity index (χ0) is 12.0. The van der Waals surface area contributed by atoms with E-state index in [2.05, 4.69) is 0 Å². The molecule has 1 unspecified atom stereocenters. The smallest absolute Gasteiger partial charge is 0.207 e. The van der Waals surface area contributed by atoms with Gasteiger partial charge in [0.15, 0.2) is 5.76 Å². The van der Waals surface area contributed by atoms with Gasteiger partial charge in [0.1, 0.15) is 11.6 Å². The second kappa shape index (κ2) is 3.32.